The van der Waals surface area contributed by atoms with E-state index in [1.54, 1.807) is 6.92 Å². The first-order valence-corrected chi connectivity index (χ1v) is 5.48. The van der Waals surface area contributed by atoms with Crippen LogP contribution in [0.3, 0.4) is 0 Å². The van der Waals surface area contributed by atoms with Crippen LogP contribution in [0.5, 0.6) is 0 Å². The van der Waals surface area contributed by atoms with Crippen molar-refractivity contribution >= 4 is 11.6 Å². The van der Waals surface area contributed by atoms with Crippen LogP contribution in [0, 0.1) is 0 Å². The van der Waals surface area contributed by atoms with E-state index in [-0.39, 0.29) is 0 Å². The number of carbonyl (C=O) groups excluding carboxylic acids is 2. The first kappa shape index (κ1) is 14.4. The van der Waals surface area contributed by atoms with Crippen molar-refractivity contribution in [2.24, 2.45) is 0 Å². The minimum Gasteiger partial charge on any atom is -0.501 e. The molecule has 0 aromatic heterocycles. The highest BCUT2D eigenvalue weighted by Gasteiger charge is 2.05. The van der Waals surface area contributed by atoms with E-state index in [1.807, 2.05) is 0 Å². The van der Waals surface area contributed by atoms with Gasteiger partial charge in [0, 0.05) is 24.9 Å². The highest BCUT2D eigenvalue weighted by Crippen LogP contribution is 1.86. The van der Waals surface area contributed by atoms with Crippen LogP contribution in [0.1, 0.15) is 26.7 Å². The SMILES string of the molecule is CCCCN/C=C\C(=O)C(=O)/C=C/OCC. The van der Waals surface area contributed by atoms with Gasteiger partial charge >= 0.3 is 0 Å². The summed E-state index contributed by atoms with van der Waals surface area (Å²) in [5, 5.41) is 2.93. The third-order valence-corrected chi connectivity index (χ3v) is 1.75. The number of allylic oxidation sites excluding steroid dienone is 2. The van der Waals surface area contributed by atoms with Crippen LogP contribution < -0.4 is 5.32 Å². The van der Waals surface area contributed by atoms with Gasteiger partial charge in [0.2, 0.25) is 11.6 Å². The predicted molar refractivity (Wildman–Crippen MR) is 62.8 cm³/mol. The fourth-order valence-electron chi connectivity index (χ4n) is 0.867. The smallest absolute Gasteiger partial charge is 0.228 e. The number of rotatable bonds is 9. The highest BCUT2D eigenvalue weighted by atomic mass is 16.5. The Balaban J connectivity index is 3.82. The molecule has 0 aliphatic heterocycles. The number of carbonyl (C=O) groups is 2. The Morgan fingerprint density at radius 1 is 1.19 bits per heavy atom. The van der Waals surface area contributed by atoms with Crippen LogP contribution >= 0.6 is 0 Å². The first-order valence-electron chi connectivity index (χ1n) is 5.48. The summed E-state index contributed by atoms with van der Waals surface area (Å²) < 4.78 is 4.82. The summed E-state index contributed by atoms with van der Waals surface area (Å²) in [4.78, 5) is 22.3. The van der Waals surface area contributed by atoms with Crippen LogP contribution in [0.15, 0.2) is 24.6 Å². The van der Waals surface area contributed by atoms with Crippen molar-refractivity contribution in [2.75, 3.05) is 13.2 Å². The Morgan fingerprint density at radius 2 is 1.88 bits per heavy atom. The highest BCUT2D eigenvalue weighted by molar-refractivity contribution is 6.45. The minimum atomic E-state index is -0.581. The van der Waals surface area contributed by atoms with E-state index in [9.17, 15) is 9.59 Å². The summed E-state index contributed by atoms with van der Waals surface area (Å²) in [5.41, 5.74) is 0. The molecule has 0 heterocycles. The quantitative estimate of drug-likeness (QED) is 0.280. The Hall–Kier alpha value is -1.58. The van der Waals surface area contributed by atoms with Crippen molar-refractivity contribution in [3.8, 4) is 0 Å². The molecule has 0 unspecified atom stereocenters. The van der Waals surface area contributed by atoms with Gasteiger partial charge in [-0.05, 0) is 13.3 Å². The lowest BCUT2D eigenvalue weighted by atomic mass is 10.2. The first-order chi connectivity index (χ1) is 7.72. The van der Waals surface area contributed by atoms with Gasteiger partial charge in [-0.2, -0.15) is 0 Å². The van der Waals surface area contributed by atoms with Crippen molar-refractivity contribution in [1.29, 1.82) is 0 Å². The molecule has 16 heavy (non-hydrogen) atoms. The third kappa shape index (κ3) is 7.79. The molecule has 0 aromatic carbocycles. The molecule has 4 nitrogen and oxygen atoms in total. The van der Waals surface area contributed by atoms with Crippen LogP contribution in [0.4, 0.5) is 0 Å². The summed E-state index contributed by atoms with van der Waals surface area (Å²) in [6.45, 7) is 5.17. The van der Waals surface area contributed by atoms with Gasteiger partial charge in [0.25, 0.3) is 0 Å². The van der Waals surface area contributed by atoms with Gasteiger partial charge in [-0.15, -0.1) is 0 Å². The largest absolute Gasteiger partial charge is 0.501 e. The molecule has 0 spiro atoms. The number of hydrogen-bond acceptors (Lipinski definition) is 4. The van der Waals surface area contributed by atoms with Gasteiger partial charge in [-0.25, -0.2) is 0 Å². The second-order valence-corrected chi connectivity index (χ2v) is 3.13. The summed E-state index contributed by atoms with van der Waals surface area (Å²) in [6.07, 6.45) is 7.22. The van der Waals surface area contributed by atoms with Gasteiger partial charge in [0.15, 0.2) is 0 Å². The molecular formula is C12H19NO3. The summed E-state index contributed by atoms with van der Waals surface area (Å²) >= 11 is 0. The molecule has 0 saturated carbocycles. The molecule has 0 saturated heterocycles. The van der Waals surface area contributed by atoms with Crippen molar-refractivity contribution < 1.29 is 14.3 Å². The van der Waals surface area contributed by atoms with Gasteiger partial charge < -0.3 is 10.1 Å². The number of ketones is 2. The monoisotopic (exact) mass is 225 g/mol. The summed E-state index contributed by atoms with van der Waals surface area (Å²) in [5.74, 6) is -1.14. The molecule has 0 aliphatic rings. The lowest BCUT2D eigenvalue weighted by Crippen LogP contribution is -2.11. The second kappa shape index (κ2) is 9.96. The Morgan fingerprint density at radius 3 is 2.50 bits per heavy atom. The average molecular weight is 225 g/mol. The standard InChI is InChI=1S/C12H19NO3/c1-3-5-8-13-9-6-11(14)12(15)7-10-16-4-2/h6-7,9-10,13H,3-5,8H2,1-2H3/b9-6-,10-7+. The van der Waals surface area contributed by atoms with Crippen LogP contribution in [0.2, 0.25) is 0 Å². The zero-order chi connectivity index (χ0) is 12.2. The fourth-order valence-corrected chi connectivity index (χ4v) is 0.867. The number of hydrogen-bond donors (Lipinski definition) is 1. The second-order valence-electron chi connectivity index (χ2n) is 3.13. The molecule has 0 radical (unpaired) electrons. The number of ether oxygens (including phenoxy) is 1. The van der Waals surface area contributed by atoms with Gasteiger partial charge in [0.05, 0.1) is 12.9 Å². The Bertz CT molecular complexity index is 269. The molecule has 90 valence electrons. The fraction of sp³-hybridized carbons (Fsp3) is 0.500. The van der Waals surface area contributed by atoms with Crippen molar-refractivity contribution in [3.05, 3.63) is 24.6 Å². The summed E-state index contributed by atoms with van der Waals surface area (Å²) in [7, 11) is 0. The maximum atomic E-state index is 11.2. The molecule has 0 bridgehead atoms. The van der Waals surface area contributed by atoms with Crippen molar-refractivity contribution in [1.82, 2.24) is 5.32 Å². The van der Waals surface area contributed by atoms with Gasteiger partial charge in [-0.1, -0.05) is 13.3 Å². The molecular weight excluding hydrogens is 206 g/mol. The topological polar surface area (TPSA) is 55.4 Å². The number of unbranched alkanes of at least 4 members (excludes halogenated alkanes) is 1. The van der Waals surface area contributed by atoms with E-state index < -0.39 is 11.6 Å². The van der Waals surface area contributed by atoms with E-state index in [0.717, 1.165) is 25.5 Å². The van der Waals surface area contributed by atoms with Crippen LogP contribution in [-0.4, -0.2) is 24.7 Å². The summed E-state index contributed by atoms with van der Waals surface area (Å²) in [6, 6.07) is 0. The van der Waals surface area contributed by atoms with E-state index >= 15 is 0 Å². The van der Waals surface area contributed by atoms with Crippen LogP contribution in [0.25, 0.3) is 0 Å². The molecule has 0 atom stereocenters. The van der Waals surface area contributed by atoms with E-state index in [4.69, 9.17) is 4.74 Å². The van der Waals surface area contributed by atoms with Gasteiger partial charge in [-0.3, -0.25) is 9.59 Å². The molecule has 4 heteroatoms. The maximum absolute atomic E-state index is 11.2. The lowest BCUT2D eigenvalue weighted by Gasteiger charge is -1.96. The number of nitrogens with one attached hydrogen (secondary N) is 1. The Kier molecular flexibility index (Phi) is 8.97. The third-order valence-electron chi connectivity index (χ3n) is 1.75. The van der Waals surface area contributed by atoms with E-state index in [1.165, 1.54) is 18.5 Å². The normalized spacial score (nSPS) is 10.9. The molecule has 0 rings (SSSR count). The molecule has 0 fully saturated rings. The lowest BCUT2D eigenvalue weighted by molar-refractivity contribution is -0.131. The average Bonchev–Trinajstić information content (AvgIpc) is 2.28. The predicted octanol–water partition coefficient (Wildman–Crippen LogP) is 1.58. The van der Waals surface area contributed by atoms with E-state index in [2.05, 4.69) is 12.2 Å². The zero-order valence-electron chi connectivity index (χ0n) is 9.86. The Labute approximate surface area is 96.4 Å². The van der Waals surface area contributed by atoms with Crippen LogP contribution in [-0.2, 0) is 14.3 Å². The van der Waals surface area contributed by atoms with E-state index in [0.29, 0.717) is 6.61 Å². The molecule has 0 aromatic rings. The van der Waals surface area contributed by atoms with Crippen molar-refractivity contribution in [3.63, 3.8) is 0 Å². The molecule has 1 N–H and O–H groups in total. The molecule has 0 aliphatic carbocycles. The maximum Gasteiger partial charge on any atom is 0.228 e. The van der Waals surface area contributed by atoms with Crippen molar-refractivity contribution in [2.45, 2.75) is 26.7 Å². The molecule has 0 amide bonds. The zero-order valence-corrected chi connectivity index (χ0v) is 9.86. The van der Waals surface area contributed by atoms with Gasteiger partial charge in [0.1, 0.15) is 0 Å². The minimum absolute atomic E-state index is 0.479.